The predicted molar refractivity (Wildman–Crippen MR) is 86.9 cm³/mol. The number of hydrogen-bond donors (Lipinski definition) is 2. The van der Waals surface area contributed by atoms with Gasteiger partial charge >= 0.3 is 0 Å². The van der Waals surface area contributed by atoms with E-state index < -0.39 is 5.41 Å². The van der Waals surface area contributed by atoms with Crippen molar-refractivity contribution < 1.29 is 9.53 Å². The van der Waals surface area contributed by atoms with E-state index >= 15 is 0 Å². The van der Waals surface area contributed by atoms with Crippen LogP contribution in [0.1, 0.15) is 31.2 Å². The van der Waals surface area contributed by atoms with Gasteiger partial charge in [0.2, 0.25) is 5.91 Å². The van der Waals surface area contributed by atoms with E-state index in [-0.39, 0.29) is 11.9 Å². The second kappa shape index (κ2) is 6.57. The molecule has 1 aliphatic heterocycles. The van der Waals surface area contributed by atoms with Crippen molar-refractivity contribution in [2.24, 2.45) is 11.7 Å². The molecule has 1 aromatic rings. The maximum Gasteiger partial charge on any atom is 0.231 e. The van der Waals surface area contributed by atoms with Crippen molar-refractivity contribution >= 4 is 17.5 Å². The summed E-state index contributed by atoms with van der Waals surface area (Å²) in [7, 11) is 0. The summed E-state index contributed by atoms with van der Waals surface area (Å²) in [5.74, 6) is 0.616. The largest absolute Gasteiger partial charge is 0.381 e. The van der Waals surface area contributed by atoms with Gasteiger partial charge < -0.3 is 15.8 Å². The second-order valence-corrected chi connectivity index (χ2v) is 6.79. The number of nitrogens with two attached hydrogens (primary N) is 1. The molecule has 1 aliphatic carbocycles. The number of amides is 1. The molecule has 5 heteroatoms. The van der Waals surface area contributed by atoms with Crippen LogP contribution >= 0.6 is 11.6 Å². The maximum atomic E-state index is 13.1. The molecule has 2 fully saturated rings. The van der Waals surface area contributed by atoms with Crippen LogP contribution in [0.2, 0.25) is 5.02 Å². The Bertz CT molecular complexity index is 539. The molecule has 3 N–H and O–H groups in total. The minimum Gasteiger partial charge on any atom is -0.381 e. The van der Waals surface area contributed by atoms with Gasteiger partial charge in [-0.25, -0.2) is 0 Å². The Morgan fingerprint density at radius 1 is 1.41 bits per heavy atom. The molecule has 0 spiro atoms. The quantitative estimate of drug-likeness (QED) is 0.874. The molecule has 1 saturated carbocycles. The van der Waals surface area contributed by atoms with Crippen LogP contribution in [-0.4, -0.2) is 31.7 Å². The summed E-state index contributed by atoms with van der Waals surface area (Å²) >= 11 is 6.14. The lowest BCUT2D eigenvalue weighted by atomic mass is 9.73. The highest BCUT2D eigenvalue weighted by Crippen LogP contribution is 2.38. The third-order valence-electron chi connectivity index (χ3n) is 4.92. The summed E-state index contributed by atoms with van der Waals surface area (Å²) in [5, 5.41) is 3.86. The number of benzene rings is 1. The number of halogens is 1. The molecule has 4 nitrogen and oxygen atoms in total. The number of ether oxygens (including phenoxy) is 1. The summed E-state index contributed by atoms with van der Waals surface area (Å²) in [4.78, 5) is 13.1. The summed E-state index contributed by atoms with van der Waals surface area (Å²) in [6, 6.07) is 7.73. The molecular weight excluding hydrogens is 300 g/mol. The van der Waals surface area contributed by atoms with E-state index in [4.69, 9.17) is 22.1 Å². The van der Waals surface area contributed by atoms with Crippen molar-refractivity contribution in [3.05, 3.63) is 34.9 Å². The Morgan fingerprint density at radius 2 is 2.14 bits per heavy atom. The van der Waals surface area contributed by atoms with Gasteiger partial charge in [-0.2, -0.15) is 0 Å². The summed E-state index contributed by atoms with van der Waals surface area (Å²) in [6.45, 7) is 1.69. The van der Waals surface area contributed by atoms with Gasteiger partial charge in [0, 0.05) is 30.8 Å². The lowest BCUT2D eigenvalue weighted by Gasteiger charge is -2.37. The minimum atomic E-state index is -0.550. The Morgan fingerprint density at radius 3 is 2.73 bits per heavy atom. The third kappa shape index (κ3) is 3.14. The highest BCUT2D eigenvalue weighted by atomic mass is 35.5. The van der Waals surface area contributed by atoms with E-state index in [0.717, 1.165) is 18.4 Å². The molecule has 1 atom stereocenters. The second-order valence-electron chi connectivity index (χ2n) is 6.36. The first kappa shape index (κ1) is 15.8. The Balaban J connectivity index is 1.86. The third-order valence-corrected chi connectivity index (χ3v) is 5.15. The highest BCUT2D eigenvalue weighted by Gasteiger charge is 2.43. The molecule has 1 heterocycles. The molecular formula is C17H23ClN2O2. The average molecular weight is 323 g/mol. The van der Waals surface area contributed by atoms with Crippen molar-refractivity contribution in [3.8, 4) is 0 Å². The molecule has 2 aliphatic rings. The number of rotatable bonds is 5. The van der Waals surface area contributed by atoms with E-state index in [2.05, 4.69) is 5.32 Å². The van der Waals surface area contributed by atoms with Gasteiger partial charge in [-0.15, -0.1) is 0 Å². The van der Waals surface area contributed by atoms with Crippen LogP contribution in [0.4, 0.5) is 0 Å². The fourth-order valence-corrected chi connectivity index (χ4v) is 3.52. The lowest BCUT2D eigenvalue weighted by Crippen LogP contribution is -2.53. The molecule has 0 aromatic heterocycles. The van der Waals surface area contributed by atoms with Crippen molar-refractivity contribution in [2.75, 3.05) is 19.8 Å². The molecule has 22 heavy (non-hydrogen) atoms. The Kier molecular flexibility index (Phi) is 4.71. The van der Waals surface area contributed by atoms with Gasteiger partial charge in [0.25, 0.3) is 0 Å². The average Bonchev–Trinajstić information content (AvgIpc) is 3.38. The topological polar surface area (TPSA) is 64.3 Å². The maximum absolute atomic E-state index is 13.1. The molecule has 1 amide bonds. The van der Waals surface area contributed by atoms with Gasteiger partial charge in [-0.1, -0.05) is 23.7 Å². The number of carbonyl (C=O) groups is 1. The zero-order valence-corrected chi connectivity index (χ0v) is 13.4. The van der Waals surface area contributed by atoms with Crippen molar-refractivity contribution in [3.63, 3.8) is 0 Å². The minimum absolute atomic E-state index is 0.0698. The first-order valence-corrected chi connectivity index (χ1v) is 8.38. The highest BCUT2D eigenvalue weighted by molar-refractivity contribution is 6.30. The zero-order valence-electron chi connectivity index (χ0n) is 12.7. The van der Waals surface area contributed by atoms with Crippen LogP contribution in [0.5, 0.6) is 0 Å². The predicted octanol–water partition coefficient (Wildman–Crippen LogP) is 2.24. The summed E-state index contributed by atoms with van der Waals surface area (Å²) in [6.07, 6.45) is 3.69. The van der Waals surface area contributed by atoms with E-state index in [9.17, 15) is 4.79 Å². The van der Waals surface area contributed by atoms with Crippen LogP contribution in [0.25, 0.3) is 0 Å². The van der Waals surface area contributed by atoms with Crippen LogP contribution in [-0.2, 0) is 14.9 Å². The smallest absolute Gasteiger partial charge is 0.231 e. The summed E-state index contributed by atoms with van der Waals surface area (Å²) in [5.41, 5.74) is 6.27. The van der Waals surface area contributed by atoms with Crippen LogP contribution in [0.15, 0.2) is 24.3 Å². The number of carbonyl (C=O) groups excluding carboxylic acids is 1. The first-order valence-electron chi connectivity index (χ1n) is 8.00. The monoisotopic (exact) mass is 322 g/mol. The molecule has 1 aromatic carbocycles. The van der Waals surface area contributed by atoms with Gasteiger partial charge in [-0.05, 0) is 49.3 Å². The molecule has 3 rings (SSSR count). The van der Waals surface area contributed by atoms with Crippen molar-refractivity contribution in [2.45, 2.75) is 37.1 Å². The number of nitrogens with one attached hydrogen (secondary N) is 1. The van der Waals surface area contributed by atoms with Crippen LogP contribution < -0.4 is 11.1 Å². The van der Waals surface area contributed by atoms with Crippen LogP contribution in [0.3, 0.4) is 0 Å². The van der Waals surface area contributed by atoms with Crippen molar-refractivity contribution in [1.29, 1.82) is 0 Å². The normalized spacial score (nSPS) is 22.1. The number of hydrogen-bond acceptors (Lipinski definition) is 3. The fraction of sp³-hybridized carbons (Fsp3) is 0.588. The molecule has 0 radical (unpaired) electrons. The van der Waals surface area contributed by atoms with Gasteiger partial charge in [0.15, 0.2) is 0 Å². The van der Waals surface area contributed by atoms with Crippen LogP contribution in [0, 0.1) is 5.92 Å². The Hall–Kier alpha value is -1.10. The van der Waals surface area contributed by atoms with Crippen molar-refractivity contribution in [1.82, 2.24) is 5.32 Å². The standard InChI is InChI=1S/C17H23ClN2O2/c18-14-3-1-2-13(10-14)17(6-8-22-9-7-17)16(21)20-15(11-19)12-4-5-12/h1-3,10,12,15H,4-9,11,19H2,(H,20,21). The first-order chi connectivity index (χ1) is 10.7. The van der Waals surface area contributed by atoms with Gasteiger partial charge in [0.1, 0.15) is 0 Å². The van der Waals surface area contributed by atoms with Gasteiger partial charge in [-0.3, -0.25) is 4.79 Å². The summed E-state index contributed by atoms with van der Waals surface area (Å²) < 4.78 is 5.48. The molecule has 1 unspecified atom stereocenters. The van der Waals surface area contributed by atoms with E-state index in [0.29, 0.717) is 43.5 Å². The lowest BCUT2D eigenvalue weighted by molar-refractivity contribution is -0.131. The van der Waals surface area contributed by atoms with Gasteiger partial charge in [0.05, 0.1) is 5.41 Å². The zero-order chi connectivity index (χ0) is 15.6. The molecule has 120 valence electrons. The SMILES string of the molecule is NCC(NC(=O)C1(c2cccc(Cl)c2)CCOCC1)C1CC1. The fourth-order valence-electron chi connectivity index (χ4n) is 3.33. The van der Waals surface area contributed by atoms with E-state index in [1.807, 2.05) is 24.3 Å². The van der Waals surface area contributed by atoms with E-state index in [1.165, 1.54) is 0 Å². The molecule has 0 bridgehead atoms. The Labute approximate surface area is 136 Å². The molecule has 1 saturated heterocycles. The van der Waals surface area contributed by atoms with E-state index in [1.54, 1.807) is 0 Å².